The third kappa shape index (κ3) is 4.00. The van der Waals surface area contributed by atoms with Gasteiger partial charge in [0.2, 0.25) is 0 Å². The van der Waals surface area contributed by atoms with Gasteiger partial charge in [-0.15, -0.1) is 4.91 Å². The quantitative estimate of drug-likeness (QED) is 0.500. The fourth-order valence-corrected chi connectivity index (χ4v) is 2.31. The zero-order valence-corrected chi connectivity index (χ0v) is 12.8. The van der Waals surface area contributed by atoms with Crippen molar-refractivity contribution in [3.63, 3.8) is 0 Å². The van der Waals surface area contributed by atoms with E-state index in [-0.39, 0.29) is 5.69 Å². The van der Waals surface area contributed by atoms with Crippen LogP contribution in [0.1, 0.15) is 6.92 Å². The molecule has 0 atom stereocenters. The van der Waals surface area contributed by atoms with Crippen molar-refractivity contribution in [1.82, 2.24) is 0 Å². The molecule has 0 saturated carbocycles. The SMILES string of the molecule is CCNc1ccc(NNc2c(Cl)cc(N=O)cc2Cl)cc1. The highest BCUT2D eigenvalue weighted by Gasteiger charge is 2.08. The summed E-state index contributed by atoms with van der Waals surface area (Å²) >= 11 is 12.1. The highest BCUT2D eigenvalue weighted by Crippen LogP contribution is 2.34. The molecule has 21 heavy (non-hydrogen) atoms. The van der Waals surface area contributed by atoms with Crippen LogP contribution >= 0.6 is 23.2 Å². The van der Waals surface area contributed by atoms with Crippen molar-refractivity contribution in [2.75, 3.05) is 22.7 Å². The standard InChI is InChI=1S/C14H14Cl2N4O/c1-2-17-9-3-5-10(6-4-9)18-19-14-12(15)7-11(20-21)8-13(14)16/h3-8,17-19H,2H2,1H3. The number of halogens is 2. The second kappa shape index (κ2) is 7.15. The number of benzene rings is 2. The summed E-state index contributed by atoms with van der Waals surface area (Å²) in [6.07, 6.45) is 0. The van der Waals surface area contributed by atoms with Crippen LogP contribution in [0.3, 0.4) is 0 Å². The fraction of sp³-hybridized carbons (Fsp3) is 0.143. The van der Waals surface area contributed by atoms with Gasteiger partial charge in [-0.2, -0.15) is 0 Å². The predicted octanol–water partition coefficient (Wildman–Crippen LogP) is 5.26. The molecule has 0 aromatic heterocycles. The molecule has 5 nitrogen and oxygen atoms in total. The first-order valence-electron chi connectivity index (χ1n) is 6.32. The maximum absolute atomic E-state index is 10.5. The number of anilines is 3. The van der Waals surface area contributed by atoms with Crippen LogP contribution in [-0.2, 0) is 0 Å². The third-order valence-corrected chi connectivity index (χ3v) is 3.33. The molecule has 110 valence electrons. The number of hydrazine groups is 1. The van der Waals surface area contributed by atoms with Gasteiger partial charge >= 0.3 is 0 Å². The summed E-state index contributed by atoms with van der Waals surface area (Å²) in [6, 6.07) is 10.6. The summed E-state index contributed by atoms with van der Waals surface area (Å²) in [4.78, 5) is 10.5. The van der Waals surface area contributed by atoms with Crippen LogP contribution in [-0.4, -0.2) is 6.54 Å². The highest BCUT2D eigenvalue weighted by molar-refractivity contribution is 6.39. The summed E-state index contributed by atoms with van der Waals surface area (Å²) < 4.78 is 0. The maximum Gasteiger partial charge on any atom is 0.111 e. The largest absolute Gasteiger partial charge is 0.385 e. The Kier molecular flexibility index (Phi) is 5.25. The monoisotopic (exact) mass is 324 g/mol. The maximum atomic E-state index is 10.5. The Morgan fingerprint density at radius 2 is 1.57 bits per heavy atom. The van der Waals surface area contributed by atoms with E-state index in [2.05, 4.69) is 21.3 Å². The Labute approximate surface area is 132 Å². The van der Waals surface area contributed by atoms with E-state index < -0.39 is 0 Å². The van der Waals surface area contributed by atoms with Crippen molar-refractivity contribution < 1.29 is 0 Å². The second-order valence-electron chi connectivity index (χ2n) is 4.23. The second-order valence-corrected chi connectivity index (χ2v) is 5.05. The van der Waals surface area contributed by atoms with Gasteiger partial charge in [0, 0.05) is 12.2 Å². The molecule has 0 heterocycles. The smallest absolute Gasteiger partial charge is 0.111 e. The van der Waals surface area contributed by atoms with Gasteiger partial charge in [0.25, 0.3) is 0 Å². The molecule has 0 fully saturated rings. The van der Waals surface area contributed by atoms with E-state index in [0.29, 0.717) is 15.7 Å². The lowest BCUT2D eigenvalue weighted by atomic mass is 10.3. The lowest BCUT2D eigenvalue weighted by molar-refractivity contribution is 1.21. The van der Waals surface area contributed by atoms with Gasteiger partial charge in [-0.05, 0) is 48.5 Å². The Morgan fingerprint density at radius 3 is 2.10 bits per heavy atom. The highest BCUT2D eigenvalue weighted by atomic mass is 35.5. The molecular weight excluding hydrogens is 311 g/mol. The lowest BCUT2D eigenvalue weighted by Gasteiger charge is -2.13. The van der Waals surface area contributed by atoms with Gasteiger partial charge in [0.05, 0.1) is 21.4 Å². The van der Waals surface area contributed by atoms with E-state index in [9.17, 15) is 4.91 Å². The Hall–Kier alpha value is -1.98. The number of nitroso groups, excluding NO2 is 1. The average Bonchev–Trinajstić information content (AvgIpc) is 2.48. The van der Waals surface area contributed by atoms with E-state index in [1.54, 1.807) is 0 Å². The van der Waals surface area contributed by atoms with Crippen LogP contribution in [0.5, 0.6) is 0 Å². The number of nitrogens with zero attached hydrogens (tertiary/aromatic N) is 1. The Morgan fingerprint density at radius 1 is 1.00 bits per heavy atom. The van der Waals surface area contributed by atoms with Gasteiger partial charge in [-0.25, -0.2) is 0 Å². The minimum atomic E-state index is 0.186. The molecule has 0 aliphatic rings. The van der Waals surface area contributed by atoms with E-state index in [1.807, 2.05) is 31.2 Å². The molecule has 2 aromatic rings. The van der Waals surface area contributed by atoms with Crippen LogP contribution in [0, 0.1) is 4.91 Å². The number of nitrogens with one attached hydrogen (secondary N) is 3. The zero-order chi connectivity index (χ0) is 15.2. The average molecular weight is 325 g/mol. The van der Waals surface area contributed by atoms with Crippen LogP contribution in [0.4, 0.5) is 22.7 Å². The lowest BCUT2D eigenvalue weighted by Crippen LogP contribution is -2.09. The van der Waals surface area contributed by atoms with Gasteiger partial charge in [-0.1, -0.05) is 23.2 Å². The van der Waals surface area contributed by atoms with Crippen molar-refractivity contribution in [2.45, 2.75) is 6.92 Å². The summed E-state index contributed by atoms with van der Waals surface area (Å²) in [5.74, 6) is 0. The van der Waals surface area contributed by atoms with Gasteiger partial charge in [0.15, 0.2) is 0 Å². The van der Waals surface area contributed by atoms with E-state index in [0.717, 1.165) is 17.9 Å². The van der Waals surface area contributed by atoms with E-state index >= 15 is 0 Å². The van der Waals surface area contributed by atoms with E-state index in [1.165, 1.54) is 12.1 Å². The Balaban J connectivity index is 2.07. The summed E-state index contributed by atoms with van der Waals surface area (Å²) in [7, 11) is 0. The molecule has 0 amide bonds. The summed E-state index contributed by atoms with van der Waals surface area (Å²) in [5.41, 5.74) is 8.48. The predicted molar refractivity (Wildman–Crippen MR) is 89.8 cm³/mol. The molecule has 0 radical (unpaired) electrons. The normalized spacial score (nSPS) is 10.0. The molecule has 0 saturated heterocycles. The Bertz CT molecular complexity index is 608. The molecule has 3 N–H and O–H groups in total. The fourth-order valence-electron chi connectivity index (χ4n) is 1.74. The van der Waals surface area contributed by atoms with E-state index in [4.69, 9.17) is 23.2 Å². The molecule has 0 unspecified atom stereocenters. The van der Waals surface area contributed by atoms with Crippen LogP contribution in [0.15, 0.2) is 41.6 Å². The van der Waals surface area contributed by atoms with Crippen molar-refractivity contribution in [3.05, 3.63) is 51.4 Å². The molecule has 0 aliphatic heterocycles. The molecule has 0 bridgehead atoms. The number of hydrogen-bond acceptors (Lipinski definition) is 5. The van der Waals surface area contributed by atoms with Crippen molar-refractivity contribution in [1.29, 1.82) is 0 Å². The summed E-state index contributed by atoms with van der Waals surface area (Å²) in [5, 5.41) is 6.64. The van der Waals surface area contributed by atoms with Crippen molar-refractivity contribution >= 4 is 46.0 Å². The number of rotatable bonds is 6. The minimum Gasteiger partial charge on any atom is -0.385 e. The summed E-state index contributed by atoms with van der Waals surface area (Å²) in [6.45, 7) is 2.91. The van der Waals surface area contributed by atoms with Crippen molar-refractivity contribution in [3.8, 4) is 0 Å². The third-order valence-electron chi connectivity index (χ3n) is 2.73. The molecule has 7 heteroatoms. The van der Waals surface area contributed by atoms with Crippen molar-refractivity contribution in [2.24, 2.45) is 5.18 Å². The minimum absolute atomic E-state index is 0.186. The molecule has 2 rings (SSSR count). The van der Waals surface area contributed by atoms with Crippen LogP contribution in [0.2, 0.25) is 10.0 Å². The first-order chi connectivity index (χ1) is 10.1. The first-order valence-corrected chi connectivity index (χ1v) is 7.08. The molecule has 0 aliphatic carbocycles. The van der Waals surface area contributed by atoms with Crippen LogP contribution < -0.4 is 16.2 Å². The van der Waals surface area contributed by atoms with Gasteiger partial charge in [0.1, 0.15) is 5.69 Å². The number of hydrogen-bond donors (Lipinski definition) is 3. The van der Waals surface area contributed by atoms with Gasteiger partial charge in [-0.3, -0.25) is 5.43 Å². The first kappa shape index (κ1) is 15.4. The van der Waals surface area contributed by atoms with Crippen LogP contribution in [0.25, 0.3) is 0 Å². The topological polar surface area (TPSA) is 65.5 Å². The van der Waals surface area contributed by atoms with Gasteiger partial charge < -0.3 is 10.7 Å². The molecule has 0 spiro atoms. The molecular formula is C14H14Cl2N4O. The molecule has 2 aromatic carbocycles. The zero-order valence-electron chi connectivity index (χ0n) is 11.3.